The third-order valence-corrected chi connectivity index (χ3v) is 6.58. The Labute approximate surface area is 222 Å². The van der Waals surface area contributed by atoms with Crippen molar-refractivity contribution in [1.82, 2.24) is 14.6 Å². The number of alkyl halides is 2. The number of hydrogen-bond donors (Lipinski definition) is 3. The van der Waals surface area contributed by atoms with E-state index in [4.69, 9.17) is 36.1 Å². The van der Waals surface area contributed by atoms with Crippen LogP contribution in [0.5, 0.6) is 0 Å². The number of nitrogens with zero attached hydrogens (tertiary/aromatic N) is 1. The number of rotatable bonds is 15. The molecule has 0 saturated carbocycles. The van der Waals surface area contributed by atoms with Crippen LogP contribution in [0.2, 0.25) is 0 Å². The lowest BCUT2D eigenvalue weighted by Gasteiger charge is -2.28. The molecule has 0 bridgehead atoms. The van der Waals surface area contributed by atoms with Crippen molar-refractivity contribution in [2.45, 2.75) is 70.7 Å². The lowest BCUT2D eigenvalue weighted by Crippen LogP contribution is -2.43. The van der Waals surface area contributed by atoms with Crippen LogP contribution in [0, 0.1) is 5.92 Å². The SMILES string of the molecule is CC(C)OC(=O)[C@@H](C)N[PH](=O)OC[C@@H](O[C@H](CBr)n1ccc(=O)[nH]c1=O)[C@H](Cl)OC(=O)C(N)C(C)C. The van der Waals surface area contributed by atoms with Crippen molar-refractivity contribution in [3.8, 4) is 0 Å². The zero-order valence-electron chi connectivity index (χ0n) is 20.6. The van der Waals surface area contributed by atoms with Gasteiger partial charge in [-0.05, 0) is 26.7 Å². The van der Waals surface area contributed by atoms with Crippen LogP contribution in [0.1, 0.15) is 40.8 Å². The van der Waals surface area contributed by atoms with E-state index in [0.717, 1.165) is 10.6 Å². The molecule has 0 radical (unpaired) electrons. The molecule has 1 aromatic heterocycles. The normalized spacial score (nSPS) is 16.7. The highest BCUT2D eigenvalue weighted by atomic mass is 79.9. The second-order valence-corrected chi connectivity index (χ2v) is 10.5. The van der Waals surface area contributed by atoms with Gasteiger partial charge in [0.2, 0.25) is 5.56 Å². The molecular formula is C20H33BrClN4O9P. The quantitative estimate of drug-likeness (QED) is 0.146. The second kappa shape index (κ2) is 15.7. The Kier molecular flexibility index (Phi) is 14.1. The highest BCUT2D eigenvalue weighted by Gasteiger charge is 2.31. The van der Waals surface area contributed by atoms with E-state index >= 15 is 0 Å². The fourth-order valence-corrected chi connectivity index (χ4v) is 4.07. The number of carbonyl (C=O) groups excluding carboxylic acids is 2. The third-order valence-electron chi connectivity index (χ3n) is 4.56. The van der Waals surface area contributed by atoms with Gasteiger partial charge in [-0.1, -0.05) is 41.4 Å². The van der Waals surface area contributed by atoms with Crippen LogP contribution in [-0.2, 0) is 32.9 Å². The zero-order chi connectivity index (χ0) is 27.6. The molecule has 1 rings (SSSR count). The van der Waals surface area contributed by atoms with Gasteiger partial charge in [0.15, 0.2) is 0 Å². The summed E-state index contributed by atoms with van der Waals surface area (Å²) in [6.07, 6.45) is -1.42. The van der Waals surface area contributed by atoms with Crippen molar-refractivity contribution in [2.75, 3.05) is 11.9 Å². The number of H-pyrrole nitrogens is 1. The standard InChI is InChI=1S/C20H33BrClN4O9P/c1-10(2)16(23)19(29)35-17(22)13(9-32-36(31)25-12(5)18(28)33-11(3)4)34-15(8-21)26-7-6-14(27)24-20(26)30/h6-7,10-13,15-17,36H,8-9,23H2,1-5H3,(H,25,31)(H,24,27,30)/t12-,13-,15-,16?,17-/m1/s1. The smallest absolute Gasteiger partial charge is 0.330 e. The maximum Gasteiger partial charge on any atom is 0.330 e. The monoisotopic (exact) mass is 618 g/mol. The van der Waals surface area contributed by atoms with Gasteiger partial charge in [-0.2, -0.15) is 0 Å². The van der Waals surface area contributed by atoms with Crippen LogP contribution >= 0.6 is 35.7 Å². The lowest BCUT2D eigenvalue weighted by molar-refractivity contribution is -0.160. The van der Waals surface area contributed by atoms with Crippen molar-refractivity contribution >= 4 is 47.6 Å². The molecular weight excluding hydrogens is 587 g/mol. The minimum atomic E-state index is -3.01. The molecule has 6 atom stereocenters. The Hall–Kier alpha value is -1.54. The fraction of sp³-hybridized carbons (Fsp3) is 0.700. The molecule has 0 aliphatic heterocycles. The molecule has 0 aromatic carbocycles. The molecule has 13 nitrogen and oxygen atoms in total. The minimum absolute atomic E-state index is 0.0595. The minimum Gasteiger partial charge on any atom is -0.462 e. The zero-order valence-corrected chi connectivity index (χ0v) is 23.9. The number of aromatic amines is 1. The first-order valence-corrected chi connectivity index (χ1v) is 13.9. The molecule has 206 valence electrons. The average molecular weight is 620 g/mol. The van der Waals surface area contributed by atoms with Crippen LogP contribution in [-0.4, -0.2) is 63.3 Å². The van der Waals surface area contributed by atoms with Gasteiger partial charge in [-0.25, -0.2) is 9.88 Å². The average Bonchev–Trinajstić information content (AvgIpc) is 2.78. The van der Waals surface area contributed by atoms with Gasteiger partial charge in [0.05, 0.1) is 12.7 Å². The summed E-state index contributed by atoms with van der Waals surface area (Å²) < 4.78 is 34.9. The number of hydrogen-bond acceptors (Lipinski definition) is 10. The van der Waals surface area contributed by atoms with Crippen molar-refractivity contribution in [2.24, 2.45) is 11.7 Å². The van der Waals surface area contributed by atoms with Crippen molar-refractivity contribution in [3.63, 3.8) is 0 Å². The highest BCUT2D eigenvalue weighted by molar-refractivity contribution is 9.09. The summed E-state index contributed by atoms with van der Waals surface area (Å²) >= 11 is 9.51. The number of esters is 2. The number of carbonyl (C=O) groups is 2. The summed E-state index contributed by atoms with van der Waals surface area (Å²) in [5.41, 5.74) is 2.99. The maximum absolute atomic E-state index is 12.4. The third kappa shape index (κ3) is 10.8. The molecule has 4 N–H and O–H groups in total. The molecule has 0 aliphatic rings. The molecule has 1 heterocycles. The molecule has 2 unspecified atom stereocenters. The number of aromatic nitrogens is 2. The predicted molar refractivity (Wildman–Crippen MR) is 136 cm³/mol. The molecule has 0 amide bonds. The Morgan fingerprint density at radius 2 is 1.83 bits per heavy atom. The van der Waals surface area contributed by atoms with Crippen LogP contribution < -0.4 is 22.1 Å². The fourth-order valence-electron chi connectivity index (χ4n) is 2.52. The number of ether oxygens (including phenoxy) is 3. The Morgan fingerprint density at radius 3 is 2.36 bits per heavy atom. The summed E-state index contributed by atoms with van der Waals surface area (Å²) in [6, 6.07) is -0.774. The van der Waals surface area contributed by atoms with E-state index in [-0.39, 0.29) is 17.4 Å². The predicted octanol–water partition coefficient (Wildman–Crippen LogP) is 1.24. The van der Waals surface area contributed by atoms with Crippen molar-refractivity contribution in [1.29, 1.82) is 0 Å². The molecule has 0 saturated heterocycles. The van der Waals surface area contributed by atoms with Gasteiger partial charge in [0.1, 0.15) is 24.4 Å². The van der Waals surface area contributed by atoms with Gasteiger partial charge in [0.25, 0.3) is 13.7 Å². The number of nitrogens with two attached hydrogens (primary N) is 1. The molecule has 16 heteroatoms. The van der Waals surface area contributed by atoms with Crippen LogP contribution in [0.3, 0.4) is 0 Å². The number of nitrogens with one attached hydrogen (secondary N) is 2. The van der Waals surface area contributed by atoms with Gasteiger partial charge in [-0.3, -0.25) is 28.5 Å². The largest absolute Gasteiger partial charge is 0.462 e. The molecule has 0 fully saturated rings. The lowest BCUT2D eigenvalue weighted by atomic mass is 10.1. The van der Waals surface area contributed by atoms with Crippen LogP contribution in [0.15, 0.2) is 21.9 Å². The van der Waals surface area contributed by atoms with Gasteiger partial charge in [-0.15, -0.1) is 0 Å². The summed E-state index contributed by atoms with van der Waals surface area (Å²) in [5, 5.41) is 2.55. The first-order valence-electron chi connectivity index (χ1n) is 11.0. The van der Waals surface area contributed by atoms with E-state index < -0.39 is 68.0 Å². The maximum atomic E-state index is 12.4. The second-order valence-electron chi connectivity index (χ2n) is 8.31. The highest BCUT2D eigenvalue weighted by Crippen LogP contribution is 2.24. The van der Waals surface area contributed by atoms with E-state index in [0.29, 0.717) is 0 Å². The Morgan fingerprint density at radius 1 is 1.19 bits per heavy atom. The summed E-state index contributed by atoms with van der Waals surface area (Å²) in [6.45, 7) is 7.78. The van der Waals surface area contributed by atoms with E-state index in [1.165, 1.54) is 13.1 Å². The van der Waals surface area contributed by atoms with Crippen LogP contribution in [0.25, 0.3) is 0 Å². The van der Waals surface area contributed by atoms with Crippen LogP contribution in [0.4, 0.5) is 0 Å². The topological polar surface area (TPSA) is 181 Å². The molecule has 0 spiro atoms. The number of halogens is 2. The van der Waals surface area contributed by atoms with E-state index in [1.54, 1.807) is 27.7 Å². The molecule has 0 aliphatic carbocycles. The molecule has 1 aromatic rings. The van der Waals surface area contributed by atoms with E-state index in [2.05, 4.69) is 26.0 Å². The van der Waals surface area contributed by atoms with Gasteiger partial charge >= 0.3 is 17.6 Å². The Bertz CT molecular complexity index is 1010. The van der Waals surface area contributed by atoms with E-state index in [9.17, 15) is 23.7 Å². The first kappa shape index (κ1) is 32.5. The van der Waals surface area contributed by atoms with Gasteiger partial charge < -0.3 is 24.5 Å². The summed E-state index contributed by atoms with van der Waals surface area (Å²) in [5.74, 6) is -1.66. The molecule has 36 heavy (non-hydrogen) atoms. The van der Waals surface area contributed by atoms with Crippen molar-refractivity contribution in [3.05, 3.63) is 33.1 Å². The summed E-state index contributed by atoms with van der Waals surface area (Å²) in [7, 11) is -3.01. The van der Waals surface area contributed by atoms with Crippen molar-refractivity contribution < 1.29 is 32.9 Å². The van der Waals surface area contributed by atoms with Gasteiger partial charge in [0, 0.05) is 17.6 Å². The Balaban J connectivity index is 3.02. The first-order chi connectivity index (χ1) is 16.8. The summed E-state index contributed by atoms with van der Waals surface area (Å²) in [4.78, 5) is 49.9. The van der Waals surface area contributed by atoms with E-state index in [1.807, 2.05) is 0 Å².